The molecule has 2 heterocycles. The summed E-state index contributed by atoms with van der Waals surface area (Å²) in [5, 5.41) is 0.698. The van der Waals surface area contributed by atoms with Gasteiger partial charge >= 0.3 is 0 Å². The number of hydrogen-bond acceptors (Lipinski definition) is 3. The molecule has 0 aromatic heterocycles. The van der Waals surface area contributed by atoms with E-state index in [0.717, 1.165) is 44.5 Å². The summed E-state index contributed by atoms with van der Waals surface area (Å²) in [6.07, 6.45) is 5.22. The van der Waals surface area contributed by atoms with E-state index in [-0.39, 0.29) is 23.8 Å². The standard InChI is InChI=1S/C20H25ClN2O3/c21-15-2-6-17(7-3-15)26-18-9-11-22(12-10-18)20(25)14-1-8-19(24)23(13-14)16-4-5-16/h2-3,6-7,14,16,18H,1,4-5,8-13H2. The second-order valence-corrected chi connectivity index (χ2v) is 8.05. The highest BCUT2D eigenvalue weighted by Crippen LogP contribution is 2.32. The van der Waals surface area contributed by atoms with E-state index in [2.05, 4.69) is 0 Å². The van der Waals surface area contributed by atoms with E-state index >= 15 is 0 Å². The third-order valence-electron chi connectivity index (χ3n) is 5.65. The van der Waals surface area contributed by atoms with Crippen LogP contribution < -0.4 is 4.74 Å². The van der Waals surface area contributed by atoms with Gasteiger partial charge in [-0.3, -0.25) is 9.59 Å². The minimum absolute atomic E-state index is 0.0259. The highest BCUT2D eigenvalue weighted by molar-refractivity contribution is 6.30. The number of piperidine rings is 2. The molecule has 26 heavy (non-hydrogen) atoms. The lowest BCUT2D eigenvalue weighted by molar-refractivity contribution is -0.144. The molecule has 1 aliphatic carbocycles. The van der Waals surface area contributed by atoms with Crippen molar-refractivity contribution in [2.75, 3.05) is 19.6 Å². The molecule has 4 rings (SSSR count). The van der Waals surface area contributed by atoms with Crippen LogP contribution in [0.4, 0.5) is 0 Å². The van der Waals surface area contributed by atoms with Crippen LogP contribution >= 0.6 is 11.6 Å². The lowest BCUT2D eigenvalue weighted by Crippen LogP contribution is -2.50. The maximum absolute atomic E-state index is 12.9. The summed E-state index contributed by atoms with van der Waals surface area (Å²) in [7, 11) is 0. The predicted octanol–water partition coefficient (Wildman–Crippen LogP) is 3.11. The summed E-state index contributed by atoms with van der Waals surface area (Å²) < 4.78 is 6.01. The van der Waals surface area contributed by atoms with E-state index < -0.39 is 0 Å². The van der Waals surface area contributed by atoms with Crippen LogP contribution in [0.2, 0.25) is 5.02 Å². The van der Waals surface area contributed by atoms with Crippen LogP contribution in [0.1, 0.15) is 38.5 Å². The fourth-order valence-electron chi connectivity index (χ4n) is 3.97. The molecule has 2 saturated heterocycles. The Morgan fingerprint density at radius 3 is 2.38 bits per heavy atom. The molecular weight excluding hydrogens is 352 g/mol. The number of carbonyl (C=O) groups is 2. The zero-order valence-corrected chi connectivity index (χ0v) is 15.7. The molecular formula is C20H25ClN2O3. The van der Waals surface area contributed by atoms with Gasteiger partial charge in [-0.2, -0.15) is 0 Å². The van der Waals surface area contributed by atoms with Crippen molar-refractivity contribution in [3.05, 3.63) is 29.3 Å². The Balaban J connectivity index is 1.28. The van der Waals surface area contributed by atoms with E-state index in [1.165, 1.54) is 0 Å². The number of hydrogen-bond donors (Lipinski definition) is 0. The van der Waals surface area contributed by atoms with E-state index in [1.807, 2.05) is 34.1 Å². The molecule has 2 aliphatic heterocycles. The number of halogens is 1. The van der Waals surface area contributed by atoms with Gasteiger partial charge in [0.1, 0.15) is 11.9 Å². The normalized spacial score (nSPS) is 24.7. The van der Waals surface area contributed by atoms with Crippen LogP contribution in [0.25, 0.3) is 0 Å². The first-order valence-corrected chi connectivity index (χ1v) is 9.98. The highest BCUT2D eigenvalue weighted by atomic mass is 35.5. The summed E-state index contributed by atoms with van der Waals surface area (Å²) in [4.78, 5) is 28.8. The first kappa shape index (κ1) is 17.7. The summed E-state index contributed by atoms with van der Waals surface area (Å²) in [6, 6.07) is 7.81. The van der Waals surface area contributed by atoms with Crippen molar-refractivity contribution in [2.24, 2.45) is 5.92 Å². The monoisotopic (exact) mass is 376 g/mol. The molecule has 140 valence electrons. The predicted molar refractivity (Wildman–Crippen MR) is 99.1 cm³/mol. The van der Waals surface area contributed by atoms with E-state index in [1.54, 1.807) is 0 Å². The largest absolute Gasteiger partial charge is 0.490 e. The fraction of sp³-hybridized carbons (Fsp3) is 0.600. The molecule has 1 aromatic carbocycles. The summed E-state index contributed by atoms with van der Waals surface area (Å²) in [5.74, 6) is 1.24. The van der Waals surface area contributed by atoms with Gasteiger partial charge in [-0.1, -0.05) is 11.6 Å². The third kappa shape index (κ3) is 3.98. The molecule has 6 heteroatoms. The fourth-order valence-corrected chi connectivity index (χ4v) is 4.10. The molecule has 0 spiro atoms. The van der Waals surface area contributed by atoms with Crippen LogP contribution in [-0.4, -0.2) is 53.4 Å². The Morgan fingerprint density at radius 1 is 1.04 bits per heavy atom. The van der Waals surface area contributed by atoms with Crippen LogP contribution in [0.5, 0.6) is 5.75 Å². The molecule has 1 saturated carbocycles. The highest BCUT2D eigenvalue weighted by Gasteiger charge is 2.40. The number of ether oxygens (including phenoxy) is 1. The Bertz CT molecular complexity index is 666. The minimum Gasteiger partial charge on any atom is -0.490 e. The maximum Gasteiger partial charge on any atom is 0.227 e. The van der Waals surface area contributed by atoms with Crippen molar-refractivity contribution < 1.29 is 14.3 Å². The lowest BCUT2D eigenvalue weighted by atomic mass is 9.94. The average molecular weight is 377 g/mol. The van der Waals surface area contributed by atoms with Crippen molar-refractivity contribution in [3.63, 3.8) is 0 Å². The van der Waals surface area contributed by atoms with Crippen molar-refractivity contribution in [2.45, 2.75) is 50.7 Å². The van der Waals surface area contributed by atoms with Crippen molar-refractivity contribution >= 4 is 23.4 Å². The minimum atomic E-state index is -0.0259. The number of rotatable bonds is 4. The quantitative estimate of drug-likeness (QED) is 0.811. The first-order valence-electron chi connectivity index (χ1n) is 9.60. The van der Waals surface area contributed by atoms with Crippen molar-refractivity contribution in [1.82, 2.24) is 9.80 Å². The molecule has 3 aliphatic rings. The van der Waals surface area contributed by atoms with Gasteiger partial charge in [-0.05, 0) is 43.5 Å². The summed E-state index contributed by atoms with van der Waals surface area (Å²) in [6.45, 7) is 2.07. The zero-order valence-electron chi connectivity index (χ0n) is 14.9. The van der Waals surface area contributed by atoms with Crippen LogP contribution in [0, 0.1) is 5.92 Å². The van der Waals surface area contributed by atoms with E-state index in [9.17, 15) is 9.59 Å². The molecule has 1 aromatic rings. The third-order valence-corrected chi connectivity index (χ3v) is 5.90. The van der Waals surface area contributed by atoms with Crippen molar-refractivity contribution in [3.8, 4) is 5.75 Å². The molecule has 0 radical (unpaired) electrons. The van der Waals surface area contributed by atoms with Gasteiger partial charge < -0.3 is 14.5 Å². The number of carbonyl (C=O) groups excluding carboxylic acids is 2. The molecule has 0 bridgehead atoms. The molecule has 0 N–H and O–H groups in total. The van der Waals surface area contributed by atoms with Crippen LogP contribution in [-0.2, 0) is 9.59 Å². The van der Waals surface area contributed by atoms with E-state index in [4.69, 9.17) is 16.3 Å². The Labute approximate surface area is 159 Å². The van der Waals surface area contributed by atoms with Crippen molar-refractivity contribution in [1.29, 1.82) is 0 Å². The summed E-state index contributed by atoms with van der Waals surface area (Å²) >= 11 is 5.90. The van der Waals surface area contributed by atoms with Gasteiger partial charge in [0, 0.05) is 50.0 Å². The lowest BCUT2D eigenvalue weighted by Gasteiger charge is -2.37. The summed E-state index contributed by atoms with van der Waals surface area (Å²) in [5.41, 5.74) is 0. The van der Waals surface area contributed by atoms with Gasteiger partial charge in [-0.15, -0.1) is 0 Å². The SMILES string of the molecule is O=C(C1CCC(=O)N(C2CC2)C1)N1CCC(Oc2ccc(Cl)cc2)CC1. The number of likely N-dealkylation sites (tertiary alicyclic amines) is 2. The average Bonchev–Trinajstić information content (AvgIpc) is 3.49. The van der Waals surface area contributed by atoms with Crippen LogP contribution in [0.3, 0.4) is 0 Å². The van der Waals surface area contributed by atoms with E-state index in [0.29, 0.717) is 30.5 Å². The zero-order chi connectivity index (χ0) is 18.1. The topological polar surface area (TPSA) is 49.9 Å². The second kappa shape index (κ2) is 7.47. The Hall–Kier alpha value is -1.75. The van der Waals surface area contributed by atoms with Gasteiger partial charge in [0.05, 0.1) is 5.92 Å². The number of nitrogens with zero attached hydrogens (tertiary/aromatic N) is 2. The molecule has 1 unspecified atom stereocenters. The Kier molecular flexibility index (Phi) is 5.07. The number of benzene rings is 1. The molecule has 2 amide bonds. The van der Waals surface area contributed by atoms with Gasteiger partial charge in [0.15, 0.2) is 0 Å². The van der Waals surface area contributed by atoms with Gasteiger partial charge in [-0.25, -0.2) is 0 Å². The Morgan fingerprint density at radius 2 is 1.73 bits per heavy atom. The first-order chi connectivity index (χ1) is 12.6. The maximum atomic E-state index is 12.9. The second-order valence-electron chi connectivity index (χ2n) is 7.61. The van der Waals surface area contributed by atoms with Crippen LogP contribution in [0.15, 0.2) is 24.3 Å². The van der Waals surface area contributed by atoms with Gasteiger partial charge in [0.2, 0.25) is 11.8 Å². The van der Waals surface area contributed by atoms with Gasteiger partial charge in [0.25, 0.3) is 0 Å². The molecule has 5 nitrogen and oxygen atoms in total. The molecule has 1 atom stereocenters. The number of amides is 2. The smallest absolute Gasteiger partial charge is 0.227 e. The molecule has 3 fully saturated rings.